The van der Waals surface area contributed by atoms with Gasteiger partial charge in [-0.1, -0.05) is 54.2 Å². The Kier molecular flexibility index (Phi) is 3.87. The third-order valence-electron chi connectivity index (χ3n) is 4.28. The third kappa shape index (κ3) is 2.51. The van der Waals surface area contributed by atoms with E-state index in [0.717, 1.165) is 28.3 Å². The molecule has 1 heterocycles. The Morgan fingerprint density at radius 1 is 1.00 bits per heavy atom. The number of thioether (sulfide) groups is 1. The summed E-state index contributed by atoms with van der Waals surface area (Å²) in [6.45, 7) is 3.05. The van der Waals surface area contributed by atoms with Crippen LogP contribution in [0.15, 0.2) is 76.7 Å². The molecule has 0 spiro atoms. The molecule has 4 rings (SSSR count). The Balaban J connectivity index is 1.73. The van der Waals surface area contributed by atoms with Crippen molar-refractivity contribution in [1.29, 1.82) is 0 Å². The van der Waals surface area contributed by atoms with Crippen LogP contribution >= 0.6 is 11.8 Å². The van der Waals surface area contributed by atoms with Gasteiger partial charge in [-0.05, 0) is 48.4 Å². The van der Waals surface area contributed by atoms with E-state index in [9.17, 15) is 4.79 Å². The molecule has 2 nitrogen and oxygen atoms in total. The highest BCUT2D eigenvalue weighted by molar-refractivity contribution is 8.03. The molecule has 1 aliphatic heterocycles. The first-order valence-electron chi connectivity index (χ1n) is 8.06. The van der Waals surface area contributed by atoms with Crippen LogP contribution in [0.2, 0.25) is 0 Å². The molecule has 0 atom stereocenters. The Labute approximate surface area is 146 Å². The molecule has 0 N–H and O–H groups in total. The van der Waals surface area contributed by atoms with Crippen LogP contribution in [-0.2, 0) is 4.79 Å². The van der Waals surface area contributed by atoms with Crippen molar-refractivity contribution in [3.63, 3.8) is 0 Å². The summed E-state index contributed by atoms with van der Waals surface area (Å²) in [4.78, 5) is 15.9. The van der Waals surface area contributed by atoms with Gasteiger partial charge >= 0.3 is 0 Å². The predicted molar refractivity (Wildman–Crippen MR) is 102 cm³/mol. The molecule has 2 aromatic rings. The number of benzene rings is 2. The van der Waals surface area contributed by atoms with Crippen molar-refractivity contribution in [2.45, 2.75) is 11.8 Å². The van der Waals surface area contributed by atoms with E-state index >= 15 is 0 Å². The summed E-state index contributed by atoms with van der Waals surface area (Å²) in [7, 11) is 0. The Hall–Kier alpha value is -2.52. The Morgan fingerprint density at radius 2 is 1.79 bits per heavy atom. The first-order chi connectivity index (χ1) is 11.8. The molecule has 0 saturated carbocycles. The molecule has 0 saturated heterocycles. The molecule has 0 radical (unpaired) electrons. The molecular formula is C21H17NOS. The number of hydrogen-bond donors (Lipinski definition) is 0. The third-order valence-corrected chi connectivity index (χ3v) is 5.41. The maximum atomic E-state index is 12.3. The number of carbonyl (C=O) groups is 1. The van der Waals surface area contributed by atoms with Crippen molar-refractivity contribution < 1.29 is 4.79 Å². The molecule has 2 aliphatic rings. The van der Waals surface area contributed by atoms with Crippen LogP contribution in [0.5, 0.6) is 0 Å². The standard InChI is InChI=1S/C21H17NOS/c1-2-22-18-9-5-6-10-20(18)24-21(22)14-12-17-16-8-4-3-7-15(16)11-13-19(17)23/h3-14H,2H2,1H3/b17-12-,21-14+. The Bertz CT molecular complexity index is 908. The monoisotopic (exact) mass is 331 g/mol. The number of para-hydroxylation sites is 1. The van der Waals surface area contributed by atoms with Gasteiger partial charge in [0.2, 0.25) is 0 Å². The zero-order chi connectivity index (χ0) is 16.5. The predicted octanol–water partition coefficient (Wildman–Crippen LogP) is 5.14. The number of anilines is 1. The molecule has 0 fully saturated rings. The molecule has 1 aliphatic carbocycles. The second-order valence-corrected chi connectivity index (χ2v) is 6.75. The van der Waals surface area contributed by atoms with Gasteiger partial charge in [0.05, 0.1) is 10.7 Å². The zero-order valence-corrected chi connectivity index (χ0v) is 14.2. The van der Waals surface area contributed by atoms with E-state index in [4.69, 9.17) is 0 Å². The minimum Gasteiger partial charge on any atom is -0.335 e. The number of carbonyl (C=O) groups excluding carboxylic acids is 1. The van der Waals surface area contributed by atoms with Gasteiger partial charge < -0.3 is 4.90 Å². The fourth-order valence-electron chi connectivity index (χ4n) is 3.11. The van der Waals surface area contributed by atoms with Gasteiger partial charge in [0, 0.05) is 17.0 Å². The maximum Gasteiger partial charge on any atom is 0.186 e. The lowest BCUT2D eigenvalue weighted by Crippen LogP contribution is -2.16. The van der Waals surface area contributed by atoms with Crippen LogP contribution in [0.3, 0.4) is 0 Å². The van der Waals surface area contributed by atoms with E-state index in [0.29, 0.717) is 0 Å². The van der Waals surface area contributed by atoms with Gasteiger partial charge in [-0.3, -0.25) is 4.79 Å². The van der Waals surface area contributed by atoms with Crippen LogP contribution in [0.4, 0.5) is 5.69 Å². The maximum absolute atomic E-state index is 12.3. The average molecular weight is 331 g/mol. The molecule has 0 aromatic heterocycles. The van der Waals surface area contributed by atoms with Crippen molar-refractivity contribution in [3.05, 3.63) is 82.9 Å². The van der Waals surface area contributed by atoms with Crippen molar-refractivity contribution in [2.75, 3.05) is 11.4 Å². The minimum atomic E-state index is 0.0640. The van der Waals surface area contributed by atoms with E-state index in [1.807, 2.05) is 36.4 Å². The first kappa shape index (κ1) is 15.0. The normalized spacial score (nSPS) is 19.0. The lowest BCUT2D eigenvalue weighted by Gasteiger charge is -2.18. The highest BCUT2D eigenvalue weighted by Gasteiger charge is 2.23. The van der Waals surface area contributed by atoms with Crippen LogP contribution in [-0.4, -0.2) is 12.3 Å². The van der Waals surface area contributed by atoms with Crippen LogP contribution in [0, 0.1) is 0 Å². The van der Waals surface area contributed by atoms with E-state index in [2.05, 4.69) is 42.2 Å². The highest BCUT2D eigenvalue weighted by atomic mass is 32.2. The van der Waals surface area contributed by atoms with Crippen molar-refractivity contribution in [3.8, 4) is 0 Å². The van der Waals surface area contributed by atoms with Crippen molar-refractivity contribution in [1.82, 2.24) is 0 Å². The number of ketones is 1. The number of hydrogen-bond acceptors (Lipinski definition) is 3. The fourth-order valence-corrected chi connectivity index (χ4v) is 4.23. The summed E-state index contributed by atoms with van der Waals surface area (Å²) in [6, 6.07) is 16.4. The molecular weight excluding hydrogens is 314 g/mol. The van der Waals surface area contributed by atoms with Gasteiger partial charge in [0.25, 0.3) is 0 Å². The van der Waals surface area contributed by atoms with E-state index in [1.54, 1.807) is 17.8 Å². The van der Waals surface area contributed by atoms with Crippen molar-refractivity contribution >= 4 is 34.9 Å². The largest absolute Gasteiger partial charge is 0.335 e. The molecule has 0 amide bonds. The number of rotatable bonds is 2. The second-order valence-electron chi connectivity index (χ2n) is 5.68. The van der Waals surface area contributed by atoms with E-state index in [1.165, 1.54) is 10.6 Å². The molecule has 118 valence electrons. The molecule has 0 unspecified atom stereocenters. The topological polar surface area (TPSA) is 20.3 Å². The van der Waals surface area contributed by atoms with Gasteiger partial charge in [-0.2, -0.15) is 0 Å². The molecule has 3 heteroatoms. The number of allylic oxidation sites excluding steroid dienone is 4. The van der Waals surface area contributed by atoms with Crippen LogP contribution < -0.4 is 4.90 Å². The molecule has 2 aromatic carbocycles. The van der Waals surface area contributed by atoms with Gasteiger partial charge in [-0.15, -0.1) is 0 Å². The number of nitrogens with zero attached hydrogens (tertiary/aromatic N) is 1. The fraction of sp³-hybridized carbons (Fsp3) is 0.0952. The second kappa shape index (κ2) is 6.17. The lowest BCUT2D eigenvalue weighted by molar-refractivity contribution is -0.109. The molecule has 0 bridgehead atoms. The summed E-state index contributed by atoms with van der Waals surface area (Å²) in [6.07, 6.45) is 7.57. The average Bonchev–Trinajstić information content (AvgIpc) is 2.98. The summed E-state index contributed by atoms with van der Waals surface area (Å²) in [5.74, 6) is 0.0640. The SMILES string of the molecule is CCN1/C(=C\C=C2/C(=O)C=Cc3ccccc32)Sc2ccccc21. The highest BCUT2D eigenvalue weighted by Crippen LogP contribution is 2.45. The quantitative estimate of drug-likeness (QED) is 0.711. The van der Waals surface area contributed by atoms with Crippen LogP contribution in [0.25, 0.3) is 11.6 Å². The van der Waals surface area contributed by atoms with Gasteiger partial charge in [0.1, 0.15) is 0 Å². The smallest absolute Gasteiger partial charge is 0.186 e. The number of fused-ring (bicyclic) bond motifs is 2. The summed E-state index contributed by atoms with van der Waals surface area (Å²) in [5.41, 5.74) is 4.10. The first-order valence-corrected chi connectivity index (χ1v) is 8.88. The van der Waals surface area contributed by atoms with E-state index in [-0.39, 0.29) is 5.78 Å². The van der Waals surface area contributed by atoms with Crippen molar-refractivity contribution in [2.24, 2.45) is 0 Å². The van der Waals surface area contributed by atoms with Gasteiger partial charge in [0.15, 0.2) is 5.78 Å². The summed E-state index contributed by atoms with van der Waals surface area (Å²) < 4.78 is 0. The zero-order valence-electron chi connectivity index (χ0n) is 13.4. The van der Waals surface area contributed by atoms with E-state index < -0.39 is 0 Å². The lowest BCUT2D eigenvalue weighted by atomic mass is 9.91. The minimum absolute atomic E-state index is 0.0640. The van der Waals surface area contributed by atoms with Gasteiger partial charge in [-0.25, -0.2) is 0 Å². The summed E-state index contributed by atoms with van der Waals surface area (Å²) >= 11 is 1.75. The molecule has 24 heavy (non-hydrogen) atoms. The Morgan fingerprint density at radius 3 is 2.67 bits per heavy atom. The van der Waals surface area contributed by atoms with Crippen LogP contribution in [0.1, 0.15) is 18.1 Å². The summed E-state index contributed by atoms with van der Waals surface area (Å²) in [5, 5.41) is 1.16.